The minimum absolute atomic E-state index is 0.0578. The molecule has 1 N–H and O–H groups in total. The van der Waals surface area contributed by atoms with E-state index in [4.69, 9.17) is 4.99 Å². The van der Waals surface area contributed by atoms with Crippen LogP contribution < -0.4 is 9.62 Å². The fraction of sp³-hybridized carbons (Fsp3) is 0.387. The van der Waals surface area contributed by atoms with Gasteiger partial charge in [0.05, 0.1) is 5.69 Å². The molecule has 2 aromatic carbocycles. The molecule has 2 fully saturated rings. The number of anilines is 2. The molecule has 0 radical (unpaired) electrons. The predicted molar refractivity (Wildman–Crippen MR) is 160 cm³/mol. The predicted octanol–water partition coefficient (Wildman–Crippen LogP) is 5.83. The van der Waals surface area contributed by atoms with E-state index in [9.17, 15) is 13.2 Å². The van der Waals surface area contributed by atoms with Crippen LogP contribution in [0, 0.1) is 12.8 Å². The third-order valence-corrected chi connectivity index (χ3v) is 9.20. The van der Waals surface area contributed by atoms with Gasteiger partial charge in [0, 0.05) is 61.7 Å². The molecular weight excluding hydrogens is 522 g/mol. The van der Waals surface area contributed by atoms with Crippen LogP contribution in [0.4, 0.5) is 17.1 Å². The van der Waals surface area contributed by atoms with Crippen molar-refractivity contribution in [3.63, 3.8) is 0 Å². The number of aromatic nitrogens is 1. The molecule has 0 spiro atoms. The van der Waals surface area contributed by atoms with Crippen LogP contribution in [-0.4, -0.2) is 56.6 Å². The fourth-order valence-electron chi connectivity index (χ4n) is 5.45. The minimum atomic E-state index is -3.88. The SMILES string of the molecule is Cc1cccc(S(=O)(=O)Nc2ccc(C(=O)N3CCN(c4ccncc4)CC3)cc2)c1N=CC1CCCCCC1. The number of carbonyl (C=O) groups is 1. The van der Waals surface area contributed by atoms with Gasteiger partial charge in [-0.1, -0.05) is 37.8 Å². The van der Waals surface area contributed by atoms with Crippen LogP contribution in [0.15, 0.2) is 76.9 Å². The summed E-state index contributed by atoms with van der Waals surface area (Å²) in [6, 6.07) is 15.8. The molecule has 1 aliphatic carbocycles. The molecule has 9 heteroatoms. The van der Waals surface area contributed by atoms with Crippen molar-refractivity contribution in [1.82, 2.24) is 9.88 Å². The number of carbonyl (C=O) groups excluding carboxylic acids is 1. The zero-order valence-corrected chi connectivity index (χ0v) is 23.8. The minimum Gasteiger partial charge on any atom is -0.368 e. The average molecular weight is 560 g/mol. The van der Waals surface area contributed by atoms with Crippen LogP contribution in [0.3, 0.4) is 0 Å². The molecule has 0 bridgehead atoms. The van der Waals surface area contributed by atoms with Crippen LogP contribution in [0.25, 0.3) is 0 Å². The Hall–Kier alpha value is -3.72. The number of benzene rings is 2. The maximum Gasteiger partial charge on any atom is 0.264 e. The van der Waals surface area contributed by atoms with Gasteiger partial charge < -0.3 is 9.80 Å². The van der Waals surface area contributed by atoms with Gasteiger partial charge in [0.2, 0.25) is 0 Å². The second-order valence-corrected chi connectivity index (χ2v) is 12.3. The fourth-order valence-corrected chi connectivity index (χ4v) is 6.73. The number of rotatable bonds is 7. The maximum atomic E-state index is 13.4. The molecule has 1 amide bonds. The number of aryl methyl sites for hydroxylation is 1. The molecule has 40 heavy (non-hydrogen) atoms. The summed E-state index contributed by atoms with van der Waals surface area (Å²) < 4.78 is 29.5. The third kappa shape index (κ3) is 6.70. The highest BCUT2D eigenvalue weighted by molar-refractivity contribution is 7.92. The number of aliphatic imine (C=N–C) groups is 1. The Bertz CT molecular complexity index is 1430. The van der Waals surface area contributed by atoms with Crippen molar-refractivity contribution < 1.29 is 13.2 Å². The molecule has 2 aliphatic rings. The zero-order valence-electron chi connectivity index (χ0n) is 23.0. The Morgan fingerprint density at radius 2 is 1.60 bits per heavy atom. The first-order chi connectivity index (χ1) is 19.4. The quantitative estimate of drug-likeness (QED) is 0.291. The number of para-hydroxylation sites is 1. The Balaban J connectivity index is 1.24. The summed E-state index contributed by atoms with van der Waals surface area (Å²) in [7, 11) is -3.88. The summed E-state index contributed by atoms with van der Waals surface area (Å²) in [5, 5.41) is 0. The molecule has 5 rings (SSSR count). The summed E-state index contributed by atoms with van der Waals surface area (Å²) in [5.74, 6) is 0.326. The van der Waals surface area contributed by atoms with E-state index in [1.807, 2.05) is 36.2 Å². The summed E-state index contributed by atoms with van der Waals surface area (Å²) in [6.45, 7) is 4.61. The number of hydrogen-bond donors (Lipinski definition) is 1. The molecule has 8 nitrogen and oxygen atoms in total. The lowest BCUT2D eigenvalue weighted by Gasteiger charge is -2.36. The van der Waals surface area contributed by atoms with E-state index in [1.54, 1.807) is 48.8 Å². The molecule has 1 aromatic heterocycles. The van der Waals surface area contributed by atoms with Gasteiger partial charge in [0.15, 0.2) is 0 Å². The molecule has 0 atom stereocenters. The van der Waals surface area contributed by atoms with Crippen molar-refractivity contribution in [3.05, 3.63) is 78.1 Å². The molecule has 2 heterocycles. The van der Waals surface area contributed by atoms with Gasteiger partial charge in [-0.3, -0.25) is 19.5 Å². The summed E-state index contributed by atoms with van der Waals surface area (Å²) in [5.41, 5.74) is 3.34. The number of hydrogen-bond acceptors (Lipinski definition) is 6. The van der Waals surface area contributed by atoms with Crippen LogP contribution in [0.1, 0.15) is 54.4 Å². The lowest BCUT2D eigenvalue weighted by atomic mass is 10.0. The molecule has 1 aliphatic heterocycles. The summed E-state index contributed by atoms with van der Waals surface area (Å²) >= 11 is 0. The van der Waals surface area contributed by atoms with E-state index in [-0.39, 0.29) is 10.8 Å². The van der Waals surface area contributed by atoms with Gasteiger partial charge in [0.25, 0.3) is 15.9 Å². The van der Waals surface area contributed by atoms with E-state index in [0.29, 0.717) is 35.9 Å². The van der Waals surface area contributed by atoms with Gasteiger partial charge in [-0.15, -0.1) is 0 Å². The summed E-state index contributed by atoms with van der Waals surface area (Å²) in [6.07, 6.45) is 12.6. The van der Waals surface area contributed by atoms with E-state index in [1.165, 1.54) is 25.7 Å². The van der Waals surface area contributed by atoms with E-state index >= 15 is 0 Å². The van der Waals surface area contributed by atoms with Crippen molar-refractivity contribution >= 4 is 39.2 Å². The number of nitrogens with zero attached hydrogens (tertiary/aromatic N) is 4. The first-order valence-electron chi connectivity index (χ1n) is 14.1. The monoisotopic (exact) mass is 559 g/mol. The standard InChI is InChI=1S/C31H37N5O3S/c1-24-7-6-10-29(30(24)33-23-25-8-4-2-3-5-9-25)40(38,39)34-27-13-11-26(12-14-27)31(37)36-21-19-35(20-22-36)28-15-17-32-18-16-28/h6-7,10-18,23,25,34H,2-5,8-9,19-22H2,1H3. The van der Waals surface area contributed by atoms with Gasteiger partial charge in [-0.25, -0.2) is 8.42 Å². The van der Waals surface area contributed by atoms with Crippen molar-refractivity contribution in [2.75, 3.05) is 35.8 Å². The number of sulfonamides is 1. The van der Waals surface area contributed by atoms with Gasteiger partial charge in [-0.2, -0.15) is 0 Å². The van der Waals surface area contributed by atoms with Gasteiger partial charge in [0.1, 0.15) is 4.90 Å². The van der Waals surface area contributed by atoms with Gasteiger partial charge in [-0.05, 0) is 73.7 Å². The Morgan fingerprint density at radius 3 is 2.27 bits per heavy atom. The van der Waals surface area contributed by atoms with Crippen LogP contribution in [0.5, 0.6) is 0 Å². The highest BCUT2D eigenvalue weighted by Crippen LogP contribution is 2.31. The molecule has 1 saturated carbocycles. The van der Waals surface area contributed by atoms with Crippen LogP contribution >= 0.6 is 0 Å². The third-order valence-electron chi connectivity index (χ3n) is 7.78. The Morgan fingerprint density at radius 1 is 0.925 bits per heavy atom. The molecule has 3 aromatic rings. The number of amides is 1. The first kappa shape index (κ1) is 27.8. The van der Waals surface area contributed by atoms with Crippen LogP contribution in [0.2, 0.25) is 0 Å². The largest absolute Gasteiger partial charge is 0.368 e. The highest BCUT2D eigenvalue weighted by Gasteiger charge is 2.24. The molecule has 210 valence electrons. The molecule has 1 saturated heterocycles. The normalized spacial score (nSPS) is 17.1. The second kappa shape index (κ2) is 12.6. The van der Waals surface area contributed by atoms with Gasteiger partial charge >= 0.3 is 0 Å². The van der Waals surface area contributed by atoms with Crippen molar-refractivity contribution in [3.8, 4) is 0 Å². The number of pyridine rings is 1. The van der Waals surface area contributed by atoms with E-state index in [2.05, 4.69) is 14.6 Å². The lowest BCUT2D eigenvalue weighted by molar-refractivity contribution is 0.0747. The topological polar surface area (TPSA) is 95.0 Å². The lowest BCUT2D eigenvalue weighted by Crippen LogP contribution is -2.48. The highest BCUT2D eigenvalue weighted by atomic mass is 32.2. The maximum absolute atomic E-state index is 13.4. The molecule has 0 unspecified atom stereocenters. The average Bonchev–Trinajstić information content (AvgIpc) is 3.26. The van der Waals surface area contributed by atoms with Crippen molar-refractivity contribution in [2.45, 2.75) is 50.3 Å². The number of piperazine rings is 1. The molecular formula is C31H37N5O3S. The first-order valence-corrected chi connectivity index (χ1v) is 15.6. The summed E-state index contributed by atoms with van der Waals surface area (Å²) in [4.78, 5) is 26.1. The van der Waals surface area contributed by atoms with E-state index in [0.717, 1.165) is 37.2 Å². The van der Waals surface area contributed by atoms with E-state index < -0.39 is 10.0 Å². The number of nitrogens with one attached hydrogen (secondary N) is 1. The second-order valence-electron chi connectivity index (χ2n) is 10.6. The Kier molecular flexibility index (Phi) is 8.79. The van der Waals surface area contributed by atoms with Crippen molar-refractivity contribution in [2.24, 2.45) is 10.9 Å². The zero-order chi connectivity index (χ0) is 28.0. The Labute approximate surface area is 237 Å². The van der Waals surface area contributed by atoms with Crippen LogP contribution in [-0.2, 0) is 10.0 Å². The smallest absolute Gasteiger partial charge is 0.264 e. The van der Waals surface area contributed by atoms with Crippen molar-refractivity contribution in [1.29, 1.82) is 0 Å².